The first-order chi connectivity index (χ1) is 10.9. The SMILES string of the molecule is CC1(CN)CCN(C(=O)CCn2c(=O)oc3cc(Cl)ccc32)C1.Cl. The predicted molar refractivity (Wildman–Crippen MR) is 95.7 cm³/mol. The molecule has 3 rings (SSSR count). The third-order valence-electron chi connectivity index (χ3n) is 4.58. The molecule has 132 valence electrons. The number of carbonyl (C=O) groups is 1. The van der Waals surface area contributed by atoms with Crippen LogP contribution in [0.1, 0.15) is 19.8 Å². The fourth-order valence-corrected chi connectivity index (χ4v) is 3.18. The average Bonchev–Trinajstić information content (AvgIpc) is 3.05. The molecule has 0 radical (unpaired) electrons. The van der Waals surface area contributed by atoms with Crippen molar-refractivity contribution in [2.75, 3.05) is 19.6 Å². The Morgan fingerprint density at radius 1 is 1.46 bits per heavy atom. The molecule has 0 spiro atoms. The van der Waals surface area contributed by atoms with E-state index in [9.17, 15) is 9.59 Å². The van der Waals surface area contributed by atoms with E-state index < -0.39 is 5.76 Å². The summed E-state index contributed by atoms with van der Waals surface area (Å²) in [5.41, 5.74) is 6.86. The Balaban J connectivity index is 0.00000208. The Morgan fingerprint density at radius 2 is 2.21 bits per heavy atom. The van der Waals surface area contributed by atoms with Crippen molar-refractivity contribution in [3.8, 4) is 0 Å². The van der Waals surface area contributed by atoms with Crippen LogP contribution in [0, 0.1) is 5.41 Å². The van der Waals surface area contributed by atoms with Crippen LogP contribution in [0.2, 0.25) is 5.02 Å². The zero-order valence-corrected chi connectivity index (χ0v) is 15.0. The van der Waals surface area contributed by atoms with Gasteiger partial charge in [0.05, 0.1) is 5.52 Å². The maximum atomic E-state index is 12.4. The second kappa shape index (κ2) is 7.17. The number of aryl methyl sites for hydroxylation is 1. The topological polar surface area (TPSA) is 81.5 Å². The van der Waals surface area contributed by atoms with Gasteiger partial charge in [0.15, 0.2) is 5.58 Å². The molecule has 0 bridgehead atoms. The number of aromatic nitrogens is 1. The summed E-state index contributed by atoms with van der Waals surface area (Å²) in [6.45, 7) is 4.37. The number of hydrogen-bond acceptors (Lipinski definition) is 4. The van der Waals surface area contributed by atoms with Gasteiger partial charge >= 0.3 is 5.76 Å². The van der Waals surface area contributed by atoms with Gasteiger partial charge in [0.2, 0.25) is 5.91 Å². The van der Waals surface area contributed by atoms with Gasteiger partial charge in [-0.3, -0.25) is 9.36 Å². The maximum Gasteiger partial charge on any atom is 0.419 e. The van der Waals surface area contributed by atoms with Crippen LogP contribution in [0.15, 0.2) is 27.4 Å². The summed E-state index contributed by atoms with van der Waals surface area (Å²) in [6, 6.07) is 5.03. The first-order valence-corrected chi connectivity index (χ1v) is 8.06. The Kier molecular flexibility index (Phi) is 5.63. The van der Waals surface area contributed by atoms with Crippen molar-refractivity contribution in [3.63, 3.8) is 0 Å². The van der Waals surface area contributed by atoms with Crippen LogP contribution in [0.5, 0.6) is 0 Å². The Hall–Kier alpha value is -1.50. The highest BCUT2D eigenvalue weighted by atomic mass is 35.5. The molecule has 0 saturated carbocycles. The number of likely N-dealkylation sites (tertiary alicyclic amines) is 1. The smallest absolute Gasteiger partial charge is 0.408 e. The van der Waals surface area contributed by atoms with Crippen molar-refractivity contribution < 1.29 is 9.21 Å². The molecular weight excluding hydrogens is 353 g/mol. The van der Waals surface area contributed by atoms with E-state index in [0.717, 1.165) is 13.0 Å². The number of hydrogen-bond donors (Lipinski definition) is 1. The number of halogens is 2. The van der Waals surface area contributed by atoms with Crippen molar-refractivity contribution in [2.45, 2.75) is 26.3 Å². The number of nitrogens with zero attached hydrogens (tertiary/aromatic N) is 2. The zero-order valence-electron chi connectivity index (χ0n) is 13.5. The summed E-state index contributed by atoms with van der Waals surface area (Å²) in [7, 11) is 0. The largest absolute Gasteiger partial charge is 0.419 e. The lowest BCUT2D eigenvalue weighted by Crippen LogP contribution is -2.35. The minimum atomic E-state index is -0.469. The van der Waals surface area contributed by atoms with Crippen molar-refractivity contribution in [2.24, 2.45) is 11.1 Å². The van der Waals surface area contributed by atoms with E-state index in [1.165, 1.54) is 4.57 Å². The quantitative estimate of drug-likeness (QED) is 0.890. The summed E-state index contributed by atoms with van der Waals surface area (Å²) in [5.74, 6) is -0.430. The summed E-state index contributed by atoms with van der Waals surface area (Å²) in [4.78, 5) is 26.1. The van der Waals surface area contributed by atoms with Gasteiger partial charge in [-0.2, -0.15) is 0 Å². The predicted octanol–water partition coefficient (Wildman–Crippen LogP) is 2.26. The van der Waals surface area contributed by atoms with Gasteiger partial charge in [0.1, 0.15) is 0 Å². The van der Waals surface area contributed by atoms with Gasteiger partial charge in [-0.25, -0.2) is 4.79 Å². The molecule has 2 aromatic rings. The van der Waals surface area contributed by atoms with Gasteiger partial charge in [0.25, 0.3) is 0 Å². The summed E-state index contributed by atoms with van der Waals surface area (Å²) in [5, 5.41) is 0.507. The number of oxazole rings is 1. The van der Waals surface area contributed by atoms with E-state index >= 15 is 0 Å². The molecule has 1 amide bonds. The van der Waals surface area contributed by atoms with Crippen molar-refractivity contribution in [1.29, 1.82) is 0 Å². The van der Waals surface area contributed by atoms with Crippen LogP contribution in [0.25, 0.3) is 11.1 Å². The van der Waals surface area contributed by atoms with Crippen LogP contribution in [0.3, 0.4) is 0 Å². The third-order valence-corrected chi connectivity index (χ3v) is 4.82. The fourth-order valence-electron chi connectivity index (χ4n) is 3.02. The minimum absolute atomic E-state index is 0. The Morgan fingerprint density at radius 3 is 2.88 bits per heavy atom. The lowest BCUT2D eigenvalue weighted by atomic mass is 9.90. The molecule has 1 aliphatic heterocycles. The average molecular weight is 374 g/mol. The van der Waals surface area contributed by atoms with Gasteiger partial charge in [-0.1, -0.05) is 18.5 Å². The zero-order chi connectivity index (χ0) is 16.6. The molecule has 1 atom stereocenters. The first kappa shape index (κ1) is 18.8. The molecule has 1 saturated heterocycles. The third kappa shape index (κ3) is 3.61. The maximum absolute atomic E-state index is 12.4. The fraction of sp³-hybridized carbons (Fsp3) is 0.500. The lowest BCUT2D eigenvalue weighted by Gasteiger charge is -2.22. The molecule has 24 heavy (non-hydrogen) atoms. The highest BCUT2D eigenvalue weighted by molar-refractivity contribution is 6.31. The monoisotopic (exact) mass is 373 g/mol. The number of benzene rings is 1. The number of amides is 1. The molecule has 1 unspecified atom stereocenters. The summed E-state index contributed by atoms with van der Waals surface area (Å²) >= 11 is 5.89. The van der Waals surface area contributed by atoms with Crippen molar-refractivity contribution in [3.05, 3.63) is 33.8 Å². The van der Waals surface area contributed by atoms with Crippen LogP contribution in [-0.4, -0.2) is 35.0 Å². The molecule has 1 aromatic heterocycles. The molecular formula is C16H21Cl2N3O3. The molecule has 2 N–H and O–H groups in total. The van der Waals surface area contributed by atoms with Crippen LogP contribution in [0.4, 0.5) is 0 Å². The highest BCUT2D eigenvalue weighted by Gasteiger charge is 2.34. The van der Waals surface area contributed by atoms with Gasteiger partial charge < -0.3 is 15.1 Å². The Bertz CT molecular complexity index is 801. The van der Waals surface area contributed by atoms with Crippen molar-refractivity contribution in [1.82, 2.24) is 9.47 Å². The normalized spacial score (nSPS) is 20.4. The highest BCUT2D eigenvalue weighted by Crippen LogP contribution is 2.28. The van der Waals surface area contributed by atoms with Gasteiger partial charge in [0, 0.05) is 37.1 Å². The van der Waals surface area contributed by atoms with Gasteiger partial charge in [-0.15, -0.1) is 12.4 Å². The molecule has 1 aliphatic rings. The molecule has 1 aromatic carbocycles. The molecule has 1 fully saturated rings. The minimum Gasteiger partial charge on any atom is -0.408 e. The second-order valence-electron chi connectivity index (χ2n) is 6.46. The molecule has 6 nitrogen and oxygen atoms in total. The number of carbonyl (C=O) groups excluding carboxylic acids is 1. The number of nitrogens with two attached hydrogens (primary N) is 1. The molecule has 2 heterocycles. The second-order valence-corrected chi connectivity index (χ2v) is 6.90. The van der Waals surface area contributed by atoms with Crippen molar-refractivity contribution >= 4 is 41.0 Å². The van der Waals surface area contributed by atoms with Crippen LogP contribution >= 0.6 is 24.0 Å². The molecule has 8 heteroatoms. The first-order valence-electron chi connectivity index (χ1n) is 7.69. The Labute approximate surface area is 150 Å². The van der Waals surface area contributed by atoms with E-state index in [2.05, 4.69) is 6.92 Å². The lowest BCUT2D eigenvalue weighted by molar-refractivity contribution is -0.130. The number of rotatable bonds is 4. The van der Waals surface area contributed by atoms with Crippen LogP contribution in [-0.2, 0) is 11.3 Å². The number of fused-ring (bicyclic) bond motifs is 1. The van der Waals surface area contributed by atoms with E-state index in [1.54, 1.807) is 18.2 Å². The van der Waals surface area contributed by atoms with E-state index in [0.29, 0.717) is 35.8 Å². The molecule has 0 aliphatic carbocycles. The summed E-state index contributed by atoms with van der Waals surface area (Å²) < 4.78 is 6.64. The van der Waals surface area contributed by atoms with E-state index in [4.69, 9.17) is 21.8 Å². The van der Waals surface area contributed by atoms with Gasteiger partial charge in [-0.05, 0) is 30.5 Å². The standard InChI is InChI=1S/C16H20ClN3O3.ClH/c1-16(9-18)5-7-19(10-16)14(21)4-6-20-12-3-2-11(17)8-13(12)23-15(20)22;/h2-3,8H,4-7,9-10,18H2,1H3;1H. The van der Waals surface area contributed by atoms with Crippen LogP contribution < -0.4 is 11.5 Å². The summed E-state index contributed by atoms with van der Waals surface area (Å²) in [6.07, 6.45) is 1.18. The van der Waals surface area contributed by atoms with E-state index in [1.807, 2.05) is 4.90 Å². The van der Waals surface area contributed by atoms with E-state index in [-0.39, 0.29) is 30.2 Å².